The molecule has 0 atom stereocenters. The largest absolute Gasteiger partial charge is 0.378 e. The van der Waals surface area contributed by atoms with Crippen molar-refractivity contribution in [2.75, 3.05) is 64.2 Å². The maximum absolute atomic E-state index is 12.2. The summed E-state index contributed by atoms with van der Waals surface area (Å²) in [6.45, 7) is 2.48. The quantitative estimate of drug-likeness (QED) is 0.433. The van der Waals surface area contributed by atoms with E-state index in [-0.39, 0.29) is 0 Å². The van der Waals surface area contributed by atoms with E-state index in [2.05, 4.69) is 70.5 Å². The monoisotopic (exact) mass is 544 g/mol. The first-order chi connectivity index (χ1) is 19.2. The molecule has 2 aliphatic heterocycles. The molecule has 212 valence electrons. The van der Waals surface area contributed by atoms with Crippen LogP contribution >= 0.6 is 0 Å². The van der Waals surface area contributed by atoms with Crippen LogP contribution in [-0.4, -0.2) is 76.4 Å². The van der Waals surface area contributed by atoms with E-state index >= 15 is 0 Å². The normalized spacial score (nSPS) is 16.5. The Morgan fingerprint density at radius 2 is 0.925 bits per heavy atom. The first-order valence-corrected chi connectivity index (χ1v) is 13.8. The number of piperidine rings is 2. The molecule has 0 aromatic heterocycles. The smallest absolute Gasteiger partial charge is 0.349 e. The predicted molar refractivity (Wildman–Crippen MR) is 160 cm³/mol. The van der Waals surface area contributed by atoms with Gasteiger partial charge in [-0.25, -0.2) is 9.59 Å². The summed E-state index contributed by atoms with van der Waals surface area (Å²) >= 11 is 0. The number of anilines is 2. The second-order valence-corrected chi connectivity index (χ2v) is 10.6. The highest BCUT2D eigenvalue weighted by Crippen LogP contribution is 2.23. The average Bonchev–Trinajstić information content (AvgIpc) is 2.95. The van der Waals surface area contributed by atoms with Crippen LogP contribution in [0.15, 0.2) is 71.8 Å². The number of carbonyl (C=O) groups is 2. The Hall–Kier alpha value is -3.88. The molecule has 40 heavy (non-hydrogen) atoms. The third-order valence-electron chi connectivity index (χ3n) is 7.08. The lowest BCUT2D eigenvalue weighted by molar-refractivity contribution is -0.188. The van der Waals surface area contributed by atoms with E-state index in [1.807, 2.05) is 28.2 Å². The molecular formula is C32H40N4O4. The van der Waals surface area contributed by atoms with Crippen molar-refractivity contribution >= 4 is 35.5 Å². The SMILES string of the molecule is CN(C)c1ccc(C=C2CCN(OC(=O)/C=C/C(=O)ON3CCC(=Cc4ccc(N(C)C)cc4)CC3)CC2)cc1. The number of hydrogen-bond donors (Lipinski definition) is 0. The molecule has 2 heterocycles. The molecule has 2 fully saturated rings. The molecular weight excluding hydrogens is 504 g/mol. The first kappa shape index (κ1) is 29.1. The molecule has 0 unspecified atom stereocenters. The second kappa shape index (κ2) is 14.0. The van der Waals surface area contributed by atoms with E-state index in [0.717, 1.165) is 37.8 Å². The minimum atomic E-state index is -0.576. The van der Waals surface area contributed by atoms with Gasteiger partial charge >= 0.3 is 11.9 Å². The molecule has 2 saturated heterocycles. The molecule has 0 amide bonds. The summed E-state index contributed by atoms with van der Waals surface area (Å²) in [6, 6.07) is 16.9. The van der Waals surface area contributed by atoms with E-state index in [1.54, 1.807) is 10.1 Å². The Labute approximate surface area is 237 Å². The average molecular weight is 545 g/mol. The standard InChI is InChI=1S/C32H40N4O4/c1-33(2)29-9-5-25(6-10-29)23-27-15-19-35(20-16-27)39-31(37)13-14-32(38)40-36-21-17-28(18-22-36)24-26-7-11-30(12-8-26)34(3)4/h5-14,23-24H,15-22H2,1-4H3/b14-13+. The van der Waals surface area contributed by atoms with Gasteiger partial charge in [0.15, 0.2) is 0 Å². The highest BCUT2D eigenvalue weighted by atomic mass is 16.7. The third kappa shape index (κ3) is 8.83. The van der Waals surface area contributed by atoms with E-state index < -0.39 is 11.9 Å². The molecule has 2 aliphatic rings. The van der Waals surface area contributed by atoms with E-state index in [0.29, 0.717) is 26.2 Å². The Morgan fingerprint density at radius 3 is 1.23 bits per heavy atom. The van der Waals surface area contributed by atoms with Crippen LogP contribution in [0.25, 0.3) is 12.2 Å². The molecule has 0 aliphatic carbocycles. The number of rotatable bonds is 8. The molecule has 4 rings (SSSR count). The second-order valence-electron chi connectivity index (χ2n) is 10.6. The summed E-state index contributed by atoms with van der Waals surface area (Å²) in [5.41, 5.74) is 7.32. The molecule has 8 heteroatoms. The summed E-state index contributed by atoms with van der Waals surface area (Å²) < 4.78 is 0. The predicted octanol–water partition coefficient (Wildman–Crippen LogP) is 4.95. The molecule has 0 N–H and O–H groups in total. The highest BCUT2D eigenvalue weighted by Gasteiger charge is 2.19. The van der Waals surface area contributed by atoms with E-state index in [1.165, 1.54) is 33.6 Å². The van der Waals surface area contributed by atoms with Gasteiger partial charge in [0.2, 0.25) is 0 Å². The summed E-state index contributed by atoms with van der Waals surface area (Å²) in [6.07, 6.45) is 9.96. The van der Waals surface area contributed by atoms with Gasteiger partial charge in [-0.15, -0.1) is 10.1 Å². The summed E-state index contributed by atoms with van der Waals surface area (Å²) in [5.74, 6) is -1.15. The van der Waals surface area contributed by atoms with Gasteiger partial charge in [0.25, 0.3) is 0 Å². The molecule has 0 bridgehead atoms. The Morgan fingerprint density at radius 1 is 0.600 bits per heavy atom. The van der Waals surface area contributed by atoms with Crippen LogP contribution in [0.5, 0.6) is 0 Å². The Bertz CT molecular complexity index is 1130. The maximum atomic E-state index is 12.2. The number of hydroxylamine groups is 4. The van der Waals surface area contributed by atoms with Crippen LogP contribution in [0, 0.1) is 0 Å². The molecule has 0 saturated carbocycles. The van der Waals surface area contributed by atoms with Crippen molar-refractivity contribution in [1.82, 2.24) is 10.1 Å². The van der Waals surface area contributed by atoms with Gasteiger partial charge in [0.05, 0.1) is 0 Å². The summed E-state index contributed by atoms with van der Waals surface area (Å²) in [4.78, 5) is 39.4. The van der Waals surface area contributed by atoms with Crippen molar-refractivity contribution in [2.24, 2.45) is 0 Å². The third-order valence-corrected chi connectivity index (χ3v) is 7.08. The van der Waals surface area contributed by atoms with Gasteiger partial charge in [-0.05, 0) is 61.1 Å². The van der Waals surface area contributed by atoms with Gasteiger partial charge in [-0.2, -0.15) is 0 Å². The summed E-state index contributed by atoms with van der Waals surface area (Å²) in [5, 5.41) is 3.30. The van der Waals surface area contributed by atoms with Crippen LogP contribution in [0.4, 0.5) is 11.4 Å². The first-order valence-electron chi connectivity index (χ1n) is 13.8. The zero-order valence-electron chi connectivity index (χ0n) is 24.0. The number of carbonyl (C=O) groups excluding carboxylic acids is 2. The van der Waals surface area contributed by atoms with Crippen molar-refractivity contribution in [3.05, 3.63) is 83.0 Å². The minimum Gasteiger partial charge on any atom is -0.378 e. The Kier molecular flexibility index (Phi) is 10.2. The zero-order valence-corrected chi connectivity index (χ0v) is 24.0. The highest BCUT2D eigenvalue weighted by molar-refractivity contribution is 5.91. The van der Waals surface area contributed by atoms with Gasteiger partial charge < -0.3 is 19.5 Å². The van der Waals surface area contributed by atoms with Crippen LogP contribution < -0.4 is 9.80 Å². The van der Waals surface area contributed by atoms with Crippen molar-refractivity contribution in [1.29, 1.82) is 0 Å². The van der Waals surface area contributed by atoms with Gasteiger partial charge in [-0.1, -0.05) is 47.6 Å². The maximum Gasteiger partial charge on any atom is 0.349 e. The number of nitrogens with zero attached hydrogens (tertiary/aromatic N) is 4. The lowest BCUT2D eigenvalue weighted by atomic mass is 10.0. The van der Waals surface area contributed by atoms with E-state index in [4.69, 9.17) is 9.68 Å². The van der Waals surface area contributed by atoms with E-state index in [9.17, 15) is 9.59 Å². The van der Waals surface area contributed by atoms with Gasteiger partial charge in [0.1, 0.15) is 0 Å². The minimum absolute atomic E-state index is 0.576. The Balaban J connectivity index is 1.15. The van der Waals surface area contributed by atoms with Crippen LogP contribution in [0.2, 0.25) is 0 Å². The van der Waals surface area contributed by atoms with Crippen molar-refractivity contribution in [3.63, 3.8) is 0 Å². The lowest BCUT2D eigenvalue weighted by Gasteiger charge is -2.26. The van der Waals surface area contributed by atoms with Crippen molar-refractivity contribution < 1.29 is 19.3 Å². The van der Waals surface area contributed by atoms with Crippen LogP contribution in [-0.2, 0) is 19.3 Å². The molecule has 0 spiro atoms. The number of benzene rings is 2. The van der Waals surface area contributed by atoms with Crippen LogP contribution in [0.3, 0.4) is 0 Å². The molecule has 8 nitrogen and oxygen atoms in total. The summed E-state index contributed by atoms with van der Waals surface area (Å²) in [7, 11) is 8.10. The van der Waals surface area contributed by atoms with Crippen molar-refractivity contribution in [3.8, 4) is 0 Å². The molecule has 2 aromatic carbocycles. The lowest BCUT2D eigenvalue weighted by Crippen LogP contribution is -2.33. The fourth-order valence-electron chi connectivity index (χ4n) is 4.68. The fraction of sp³-hybridized carbons (Fsp3) is 0.375. The van der Waals surface area contributed by atoms with Crippen molar-refractivity contribution in [2.45, 2.75) is 25.7 Å². The topological polar surface area (TPSA) is 65.6 Å². The van der Waals surface area contributed by atoms with Gasteiger partial charge in [0, 0.05) is 77.9 Å². The van der Waals surface area contributed by atoms with Crippen LogP contribution in [0.1, 0.15) is 36.8 Å². The molecule has 0 radical (unpaired) electrons. The zero-order chi connectivity index (χ0) is 28.5. The number of hydrogen-bond acceptors (Lipinski definition) is 8. The fourth-order valence-corrected chi connectivity index (χ4v) is 4.68. The van der Waals surface area contributed by atoms with Gasteiger partial charge in [-0.3, -0.25) is 0 Å². The molecule has 2 aromatic rings.